The standard InChI is InChI=1S/C18H18ClN3O/c1-5-11-6-9-15(17(23)16(11)18(2,3)4)22-20-13-8-7-12(19)10-14(13)21-22/h5-10,23H,1H2,2-4H3. The summed E-state index contributed by atoms with van der Waals surface area (Å²) in [6.07, 6.45) is 1.75. The molecule has 4 nitrogen and oxygen atoms in total. The predicted octanol–water partition coefficient (Wildman–Crippen LogP) is 4.72. The van der Waals surface area contributed by atoms with Crippen molar-refractivity contribution in [2.75, 3.05) is 0 Å². The molecule has 3 rings (SSSR count). The van der Waals surface area contributed by atoms with Gasteiger partial charge in [-0.3, -0.25) is 0 Å². The largest absolute Gasteiger partial charge is 0.505 e. The molecule has 1 heterocycles. The number of aromatic nitrogens is 3. The number of halogens is 1. The number of rotatable bonds is 2. The third kappa shape index (κ3) is 2.70. The zero-order chi connectivity index (χ0) is 16.8. The third-order valence-electron chi connectivity index (χ3n) is 3.72. The van der Waals surface area contributed by atoms with E-state index in [1.165, 1.54) is 4.80 Å². The van der Waals surface area contributed by atoms with E-state index in [-0.39, 0.29) is 11.2 Å². The van der Waals surface area contributed by atoms with Crippen LogP contribution in [0.5, 0.6) is 5.75 Å². The lowest BCUT2D eigenvalue weighted by molar-refractivity contribution is 0.440. The normalized spacial score (nSPS) is 11.8. The van der Waals surface area contributed by atoms with Crippen LogP contribution in [0.1, 0.15) is 31.9 Å². The van der Waals surface area contributed by atoms with Crippen LogP contribution in [-0.2, 0) is 5.41 Å². The smallest absolute Gasteiger partial charge is 0.147 e. The topological polar surface area (TPSA) is 50.9 Å². The van der Waals surface area contributed by atoms with Crippen LogP contribution in [0.4, 0.5) is 0 Å². The average Bonchev–Trinajstić information content (AvgIpc) is 2.87. The second-order valence-corrected chi connectivity index (χ2v) is 6.91. The van der Waals surface area contributed by atoms with E-state index in [9.17, 15) is 5.11 Å². The Morgan fingerprint density at radius 2 is 1.83 bits per heavy atom. The number of nitrogens with zero attached hydrogens (tertiary/aromatic N) is 3. The molecule has 0 spiro atoms. The molecule has 0 aliphatic carbocycles. The maximum Gasteiger partial charge on any atom is 0.147 e. The quantitative estimate of drug-likeness (QED) is 0.741. The summed E-state index contributed by atoms with van der Waals surface area (Å²) in [5, 5.41) is 20.2. The van der Waals surface area contributed by atoms with E-state index in [2.05, 4.69) is 16.8 Å². The van der Waals surface area contributed by atoms with Gasteiger partial charge in [-0.1, -0.05) is 51.1 Å². The van der Waals surface area contributed by atoms with E-state index in [0.29, 0.717) is 16.2 Å². The molecule has 1 aromatic heterocycles. The van der Waals surface area contributed by atoms with Crippen LogP contribution in [0.25, 0.3) is 22.8 Å². The number of phenolic OH excluding ortho intramolecular Hbond substituents is 1. The zero-order valence-corrected chi connectivity index (χ0v) is 14.1. The van der Waals surface area contributed by atoms with Gasteiger partial charge >= 0.3 is 0 Å². The van der Waals surface area contributed by atoms with Crippen LogP contribution in [0.15, 0.2) is 36.9 Å². The highest BCUT2D eigenvalue weighted by molar-refractivity contribution is 6.31. The minimum absolute atomic E-state index is 0.168. The molecule has 1 N–H and O–H groups in total. The van der Waals surface area contributed by atoms with Crippen molar-refractivity contribution in [1.29, 1.82) is 0 Å². The summed E-state index contributed by atoms with van der Waals surface area (Å²) in [5.41, 5.74) is 3.43. The molecule has 0 saturated carbocycles. The van der Waals surface area contributed by atoms with Gasteiger partial charge in [0.1, 0.15) is 22.5 Å². The van der Waals surface area contributed by atoms with Crippen molar-refractivity contribution >= 4 is 28.7 Å². The lowest BCUT2D eigenvalue weighted by Gasteiger charge is -2.24. The van der Waals surface area contributed by atoms with E-state index < -0.39 is 0 Å². The summed E-state index contributed by atoms with van der Waals surface area (Å²) in [7, 11) is 0. The molecular weight excluding hydrogens is 310 g/mol. The van der Waals surface area contributed by atoms with Crippen molar-refractivity contribution in [3.63, 3.8) is 0 Å². The third-order valence-corrected chi connectivity index (χ3v) is 3.95. The van der Waals surface area contributed by atoms with E-state index in [1.807, 2.05) is 26.8 Å². The van der Waals surface area contributed by atoms with Crippen molar-refractivity contribution in [3.8, 4) is 11.4 Å². The summed E-state index contributed by atoms with van der Waals surface area (Å²) in [6, 6.07) is 9.04. The number of aromatic hydroxyl groups is 1. The molecule has 0 aliphatic rings. The average molecular weight is 328 g/mol. The molecule has 0 unspecified atom stereocenters. The lowest BCUT2D eigenvalue weighted by atomic mass is 9.82. The van der Waals surface area contributed by atoms with E-state index in [0.717, 1.165) is 16.6 Å². The Bertz CT molecular complexity index is 907. The molecule has 0 saturated heterocycles. The van der Waals surface area contributed by atoms with Crippen molar-refractivity contribution in [2.45, 2.75) is 26.2 Å². The molecule has 0 radical (unpaired) electrons. The first-order valence-electron chi connectivity index (χ1n) is 7.33. The van der Waals surface area contributed by atoms with Crippen LogP contribution in [0, 0.1) is 0 Å². The molecule has 3 aromatic rings. The molecule has 0 fully saturated rings. The molecular formula is C18H18ClN3O. The van der Waals surface area contributed by atoms with Gasteiger partial charge in [0.25, 0.3) is 0 Å². The summed E-state index contributed by atoms with van der Waals surface area (Å²) < 4.78 is 0. The van der Waals surface area contributed by atoms with Crippen molar-refractivity contribution < 1.29 is 5.11 Å². The SMILES string of the molecule is C=Cc1ccc(-n2nc3ccc(Cl)cc3n2)c(O)c1C(C)(C)C. The van der Waals surface area contributed by atoms with E-state index in [4.69, 9.17) is 11.6 Å². The zero-order valence-electron chi connectivity index (χ0n) is 13.3. The van der Waals surface area contributed by atoms with E-state index in [1.54, 1.807) is 30.3 Å². The Morgan fingerprint density at radius 3 is 2.48 bits per heavy atom. The van der Waals surface area contributed by atoms with Gasteiger partial charge in [-0.25, -0.2) is 0 Å². The summed E-state index contributed by atoms with van der Waals surface area (Å²) in [4.78, 5) is 1.44. The first-order valence-corrected chi connectivity index (χ1v) is 7.71. The van der Waals surface area contributed by atoms with Gasteiger partial charge in [-0.15, -0.1) is 15.0 Å². The monoisotopic (exact) mass is 327 g/mol. The highest BCUT2D eigenvalue weighted by Gasteiger charge is 2.24. The molecule has 23 heavy (non-hydrogen) atoms. The van der Waals surface area contributed by atoms with Crippen LogP contribution in [0.3, 0.4) is 0 Å². The van der Waals surface area contributed by atoms with Crippen molar-refractivity contribution in [2.24, 2.45) is 0 Å². The molecule has 0 aliphatic heterocycles. The van der Waals surface area contributed by atoms with Gasteiger partial charge in [0, 0.05) is 10.6 Å². The number of fused-ring (bicyclic) bond motifs is 1. The maximum absolute atomic E-state index is 10.8. The molecule has 0 bridgehead atoms. The molecule has 5 heteroatoms. The van der Waals surface area contributed by atoms with Crippen LogP contribution in [0.2, 0.25) is 5.02 Å². The summed E-state index contributed by atoms with van der Waals surface area (Å²) in [5.74, 6) is 0.168. The van der Waals surface area contributed by atoms with Crippen LogP contribution < -0.4 is 0 Å². The van der Waals surface area contributed by atoms with Gasteiger partial charge in [-0.2, -0.15) is 0 Å². The second-order valence-electron chi connectivity index (χ2n) is 6.47. The predicted molar refractivity (Wildman–Crippen MR) is 94.3 cm³/mol. The fourth-order valence-electron chi connectivity index (χ4n) is 2.71. The van der Waals surface area contributed by atoms with Gasteiger partial charge in [-0.05, 0) is 35.2 Å². The first-order chi connectivity index (χ1) is 10.8. The second kappa shape index (κ2) is 5.39. The minimum atomic E-state index is -0.237. The Kier molecular flexibility index (Phi) is 3.65. The van der Waals surface area contributed by atoms with Gasteiger partial charge in [0.15, 0.2) is 0 Å². The molecule has 118 valence electrons. The van der Waals surface area contributed by atoms with Gasteiger partial charge in [0.05, 0.1) is 0 Å². The first kappa shape index (κ1) is 15.6. The fraction of sp³-hybridized carbons (Fsp3) is 0.222. The van der Waals surface area contributed by atoms with Crippen molar-refractivity contribution in [1.82, 2.24) is 15.0 Å². The summed E-state index contributed by atoms with van der Waals surface area (Å²) >= 11 is 5.99. The van der Waals surface area contributed by atoms with Gasteiger partial charge in [0.2, 0.25) is 0 Å². The minimum Gasteiger partial charge on any atom is -0.505 e. The molecule has 0 amide bonds. The fourth-order valence-corrected chi connectivity index (χ4v) is 2.88. The highest BCUT2D eigenvalue weighted by Crippen LogP contribution is 2.38. The van der Waals surface area contributed by atoms with Crippen LogP contribution >= 0.6 is 11.6 Å². The summed E-state index contributed by atoms with van der Waals surface area (Å²) in [6.45, 7) is 9.97. The maximum atomic E-state index is 10.8. The number of hydrogen-bond acceptors (Lipinski definition) is 3. The number of benzene rings is 2. The van der Waals surface area contributed by atoms with Gasteiger partial charge < -0.3 is 5.11 Å². The van der Waals surface area contributed by atoms with E-state index >= 15 is 0 Å². The van der Waals surface area contributed by atoms with Crippen LogP contribution in [-0.4, -0.2) is 20.1 Å². The number of hydrogen-bond donors (Lipinski definition) is 1. The number of phenols is 1. The molecule has 0 atom stereocenters. The lowest BCUT2D eigenvalue weighted by Crippen LogP contribution is -2.15. The Labute approximate surface area is 140 Å². The Hall–Kier alpha value is -2.33. The Balaban J connectivity index is 2.24. The molecule has 2 aromatic carbocycles. The Morgan fingerprint density at radius 1 is 1.13 bits per heavy atom. The van der Waals surface area contributed by atoms with Crippen molar-refractivity contribution in [3.05, 3.63) is 53.1 Å². The highest BCUT2D eigenvalue weighted by atomic mass is 35.5.